The van der Waals surface area contributed by atoms with Gasteiger partial charge in [0.05, 0.1) is 11.3 Å². The second kappa shape index (κ2) is 7.53. The zero-order valence-electron chi connectivity index (χ0n) is 16.0. The standard InChI is InChI=1S/C21H24FN2O3P/c1-4-10(2)13-7-15(21(26)27)20(25)24-6-5-12(11(3)19(13)24)14-8-18(28)17(23)9-16(14)22/h5-10,20,25H,4,23,28H2,1-3H3,(H,26,27)/t10-,20+/m1/s1. The predicted octanol–water partition coefficient (Wildman–Crippen LogP) is 3.15. The minimum absolute atomic E-state index is 0.0654. The Balaban J connectivity index is 2.27. The molecule has 1 unspecified atom stereocenters. The minimum atomic E-state index is -1.30. The lowest BCUT2D eigenvalue weighted by Crippen LogP contribution is -2.39. The Kier molecular flexibility index (Phi) is 5.46. The van der Waals surface area contributed by atoms with E-state index >= 15 is 0 Å². The molecular weight excluding hydrogens is 378 g/mol. The molecule has 1 aromatic carbocycles. The van der Waals surface area contributed by atoms with Crippen LogP contribution in [0.5, 0.6) is 0 Å². The summed E-state index contributed by atoms with van der Waals surface area (Å²) in [6.45, 7) is 5.87. The summed E-state index contributed by atoms with van der Waals surface area (Å²) in [7, 11) is 2.50. The Labute approximate surface area is 165 Å². The highest BCUT2D eigenvalue weighted by Gasteiger charge is 2.35. The number of carboxylic acids is 1. The lowest BCUT2D eigenvalue weighted by atomic mass is 9.84. The van der Waals surface area contributed by atoms with E-state index in [1.54, 1.807) is 29.3 Å². The Morgan fingerprint density at radius 2 is 2.11 bits per heavy atom. The van der Waals surface area contributed by atoms with Gasteiger partial charge in [-0.15, -0.1) is 9.24 Å². The van der Waals surface area contributed by atoms with Crippen molar-refractivity contribution in [1.29, 1.82) is 0 Å². The maximum Gasteiger partial charge on any atom is 0.336 e. The fourth-order valence-corrected chi connectivity index (χ4v) is 3.83. The molecule has 0 aliphatic carbocycles. The van der Waals surface area contributed by atoms with Gasteiger partial charge in [0.1, 0.15) is 5.82 Å². The molecule has 0 radical (unpaired) electrons. The quantitative estimate of drug-likeness (QED) is 0.532. The molecule has 7 heteroatoms. The number of aliphatic carboxylic acids is 1. The van der Waals surface area contributed by atoms with Crippen LogP contribution in [-0.4, -0.2) is 27.3 Å². The van der Waals surface area contributed by atoms with Crippen LogP contribution < -0.4 is 11.0 Å². The van der Waals surface area contributed by atoms with E-state index in [-0.39, 0.29) is 11.5 Å². The molecule has 0 saturated heterocycles. The predicted molar refractivity (Wildman–Crippen MR) is 112 cm³/mol. The van der Waals surface area contributed by atoms with Crippen molar-refractivity contribution >= 4 is 31.8 Å². The highest BCUT2D eigenvalue weighted by atomic mass is 31.0. The van der Waals surface area contributed by atoms with E-state index in [2.05, 4.69) is 9.24 Å². The number of hydrogen-bond acceptors (Lipinski definition) is 4. The maximum absolute atomic E-state index is 14.7. The second-order valence-corrected chi connectivity index (χ2v) is 7.74. The minimum Gasteiger partial charge on any atom is -0.478 e. The van der Waals surface area contributed by atoms with Crippen molar-refractivity contribution in [3.8, 4) is 0 Å². The van der Waals surface area contributed by atoms with E-state index in [1.165, 1.54) is 6.07 Å². The normalized spacial score (nSPS) is 20.3. The highest BCUT2D eigenvalue weighted by molar-refractivity contribution is 7.28. The molecule has 0 amide bonds. The summed E-state index contributed by atoms with van der Waals surface area (Å²) in [4.78, 5) is 13.1. The molecule has 3 rings (SSSR count). The van der Waals surface area contributed by atoms with Gasteiger partial charge in [-0.1, -0.05) is 13.8 Å². The van der Waals surface area contributed by atoms with Gasteiger partial charge in [0.2, 0.25) is 0 Å². The van der Waals surface area contributed by atoms with Crippen LogP contribution >= 0.6 is 9.24 Å². The van der Waals surface area contributed by atoms with Crippen LogP contribution in [0.1, 0.15) is 32.8 Å². The number of halogens is 1. The number of nitrogens with two attached hydrogens (primary N) is 1. The molecule has 4 N–H and O–H groups in total. The van der Waals surface area contributed by atoms with E-state index in [1.807, 2.05) is 20.8 Å². The molecule has 0 bridgehead atoms. The lowest BCUT2D eigenvalue weighted by molar-refractivity contribution is -0.134. The number of carbonyl (C=O) groups is 1. The van der Waals surface area contributed by atoms with Crippen LogP contribution in [0.4, 0.5) is 10.1 Å². The number of nitrogen functional groups attached to an aromatic ring is 1. The van der Waals surface area contributed by atoms with Crippen LogP contribution in [0.15, 0.2) is 52.9 Å². The van der Waals surface area contributed by atoms with Gasteiger partial charge in [-0.25, -0.2) is 9.18 Å². The molecule has 0 spiro atoms. The Bertz CT molecular complexity index is 978. The van der Waals surface area contributed by atoms with Crippen molar-refractivity contribution in [2.45, 2.75) is 33.4 Å². The smallest absolute Gasteiger partial charge is 0.336 e. The monoisotopic (exact) mass is 402 g/mol. The Morgan fingerprint density at radius 1 is 1.43 bits per heavy atom. The summed E-state index contributed by atoms with van der Waals surface area (Å²) in [5.41, 5.74) is 9.45. The van der Waals surface area contributed by atoms with E-state index in [0.29, 0.717) is 27.8 Å². The third-order valence-corrected chi connectivity index (χ3v) is 5.90. The SMILES string of the molecule is CC[C@@H](C)C1=C2C(C)=C(c3cc(P)c(N)cc3F)C=CN2[C@@H](O)C(C(=O)O)=C1. The van der Waals surface area contributed by atoms with Crippen LogP contribution in [0.3, 0.4) is 0 Å². The summed E-state index contributed by atoms with van der Waals surface area (Å²) in [5.74, 6) is -1.53. The molecule has 148 valence electrons. The van der Waals surface area contributed by atoms with Crippen molar-refractivity contribution in [3.05, 3.63) is 64.3 Å². The van der Waals surface area contributed by atoms with Gasteiger partial charge in [-0.2, -0.15) is 0 Å². The fraction of sp³-hybridized carbons (Fsp3) is 0.286. The summed E-state index contributed by atoms with van der Waals surface area (Å²) in [5, 5.41) is 20.8. The Morgan fingerprint density at radius 3 is 2.71 bits per heavy atom. The van der Waals surface area contributed by atoms with Gasteiger partial charge in [0.15, 0.2) is 6.23 Å². The number of hydrogen-bond donors (Lipinski definition) is 3. The third-order valence-electron chi connectivity index (χ3n) is 5.40. The number of anilines is 1. The first-order chi connectivity index (χ1) is 13.2. The summed E-state index contributed by atoms with van der Waals surface area (Å²) >= 11 is 0. The van der Waals surface area contributed by atoms with Gasteiger partial charge >= 0.3 is 5.97 Å². The summed E-state index contributed by atoms with van der Waals surface area (Å²) in [6.07, 6.45) is 4.35. The largest absolute Gasteiger partial charge is 0.478 e. The molecule has 0 fully saturated rings. The van der Waals surface area contributed by atoms with Crippen LogP contribution in [0.2, 0.25) is 0 Å². The average molecular weight is 402 g/mol. The van der Waals surface area contributed by atoms with Gasteiger partial charge in [0.25, 0.3) is 0 Å². The second-order valence-electron chi connectivity index (χ2n) is 7.11. The average Bonchev–Trinajstić information content (AvgIpc) is 2.65. The van der Waals surface area contributed by atoms with E-state index in [0.717, 1.165) is 17.6 Å². The molecule has 28 heavy (non-hydrogen) atoms. The van der Waals surface area contributed by atoms with E-state index in [9.17, 15) is 19.4 Å². The van der Waals surface area contributed by atoms with Crippen molar-refractivity contribution in [2.24, 2.45) is 5.92 Å². The van der Waals surface area contributed by atoms with Gasteiger partial charge in [-0.05, 0) is 65.6 Å². The summed E-state index contributed by atoms with van der Waals surface area (Å²) in [6, 6.07) is 2.97. The van der Waals surface area contributed by atoms with Crippen LogP contribution in [-0.2, 0) is 4.79 Å². The van der Waals surface area contributed by atoms with Crippen molar-refractivity contribution in [2.75, 3.05) is 5.73 Å². The van der Waals surface area contributed by atoms with Crippen LogP contribution in [0, 0.1) is 11.7 Å². The number of benzene rings is 1. The molecule has 0 aromatic heterocycles. The van der Waals surface area contributed by atoms with E-state index in [4.69, 9.17) is 5.73 Å². The highest BCUT2D eigenvalue weighted by Crippen LogP contribution is 2.41. The number of nitrogens with zero attached hydrogens (tertiary/aromatic N) is 1. The molecular formula is C21H24FN2O3P. The Hall–Kier alpha value is -2.43. The number of fused-ring (bicyclic) bond motifs is 1. The van der Waals surface area contributed by atoms with Crippen molar-refractivity contribution < 1.29 is 19.4 Å². The number of allylic oxidation sites excluding steroid dienone is 5. The summed E-state index contributed by atoms with van der Waals surface area (Å²) < 4.78 is 14.7. The zero-order chi connectivity index (χ0) is 20.7. The first-order valence-corrected chi connectivity index (χ1v) is 9.64. The van der Waals surface area contributed by atoms with Crippen molar-refractivity contribution in [1.82, 2.24) is 4.90 Å². The van der Waals surface area contributed by atoms with Crippen molar-refractivity contribution in [3.63, 3.8) is 0 Å². The number of aliphatic hydroxyl groups excluding tert-OH is 1. The van der Waals surface area contributed by atoms with E-state index < -0.39 is 18.0 Å². The number of aliphatic hydroxyl groups is 1. The van der Waals surface area contributed by atoms with Crippen LogP contribution in [0.25, 0.3) is 5.57 Å². The molecule has 2 aliphatic rings. The first-order valence-electron chi connectivity index (χ1n) is 9.07. The maximum atomic E-state index is 14.7. The zero-order valence-corrected chi connectivity index (χ0v) is 17.2. The fourth-order valence-electron chi connectivity index (χ4n) is 3.58. The topological polar surface area (TPSA) is 86.8 Å². The molecule has 5 nitrogen and oxygen atoms in total. The van der Waals surface area contributed by atoms with Gasteiger partial charge in [-0.3, -0.25) is 0 Å². The molecule has 2 heterocycles. The van der Waals surface area contributed by atoms with Gasteiger partial charge in [0, 0.05) is 17.5 Å². The number of rotatable bonds is 4. The molecule has 3 atom stereocenters. The van der Waals surface area contributed by atoms with Gasteiger partial charge < -0.3 is 20.8 Å². The molecule has 0 saturated carbocycles. The lowest BCUT2D eigenvalue weighted by Gasteiger charge is -2.39. The third kappa shape index (κ3) is 3.27. The molecule has 2 aliphatic heterocycles. The number of carboxylic acid groups (broad SMARTS) is 1. The first kappa shape index (κ1) is 20.3. The molecule has 1 aromatic rings.